The molecule has 0 saturated heterocycles. The molecule has 0 aliphatic carbocycles. The third-order valence-corrected chi connectivity index (χ3v) is 0.451. The average Bonchev–Trinajstić information content (AvgIpc) is 2.50. The second-order valence-electron chi connectivity index (χ2n) is 2.20. The van der Waals surface area contributed by atoms with Crippen molar-refractivity contribution in [2.45, 2.75) is 6.92 Å². The molecule has 0 aliphatic heterocycles. The Labute approximate surface area is 142 Å². The van der Waals surface area contributed by atoms with Crippen LogP contribution in [-0.2, 0) is 43.0 Å². The van der Waals surface area contributed by atoms with E-state index in [-0.39, 0.29) is 6.54 Å². The van der Waals surface area contributed by atoms with Gasteiger partial charge in [0.2, 0.25) is 0 Å². The van der Waals surface area contributed by atoms with E-state index in [1.165, 1.54) is 18.5 Å². The fourth-order valence-electron chi connectivity index (χ4n) is 0.0587. The van der Waals surface area contributed by atoms with Crippen LogP contribution in [0.25, 0.3) is 0 Å². The van der Waals surface area contributed by atoms with Crippen LogP contribution in [0.3, 0.4) is 0 Å². The van der Waals surface area contributed by atoms with Crippen molar-refractivity contribution in [3.63, 3.8) is 0 Å². The summed E-state index contributed by atoms with van der Waals surface area (Å²) >= 11 is 4.19. The molecule has 30 heavy (non-hydrogen) atoms. The molecule has 0 bridgehead atoms. The molecule has 0 unspecified atom stereocenters. The van der Waals surface area contributed by atoms with E-state index in [1.807, 2.05) is 0 Å². The van der Waals surface area contributed by atoms with Crippen molar-refractivity contribution < 1.29 is 52.5 Å². The van der Waals surface area contributed by atoms with Gasteiger partial charge in [0.1, 0.15) is 5.97 Å². The standard InChI is InChI=1S/C3H6NO.C3H3O3.C2H3O2.CClO.CFO.CHO2.6Rf/c1-4(2)3-5;1-3(5)6-2-4;1-4-2-3;3*2-1-3;;;;;;/h1-2H3;1H3;1H3;;;(H,2,3);;;;;;/q6*-1;;;;;;. The molecule has 0 fully saturated rings. The summed E-state index contributed by atoms with van der Waals surface area (Å²) in [5, 5.41) is 6.76. The van der Waals surface area contributed by atoms with Crippen LogP contribution in [0.1, 0.15) is 6.92 Å². The fraction of sp³-hybridized carbons (Fsp3) is 0.364. The number of methoxy groups -OCH3 is 1. The number of amides is 1. The van der Waals surface area contributed by atoms with Gasteiger partial charge in [-0.25, -0.2) is 0 Å². The summed E-state index contributed by atoms with van der Waals surface area (Å²) in [6.45, 7) is 3.78. The molecule has 0 aliphatic rings. The van der Waals surface area contributed by atoms with Crippen molar-refractivity contribution in [2.75, 3.05) is 21.2 Å². The summed E-state index contributed by atoms with van der Waals surface area (Å²) in [5.74, 6) is 0.338. The molecule has 11 nitrogen and oxygen atoms in total. The monoisotopic (exact) mass is 1980 g/mol. The Kier molecular flexibility index (Phi) is 964. The number of nitrogens with zero attached hydrogens (tertiary/aromatic N) is 1. The molecule has 0 aromatic rings. The number of ether oxygens (including phenoxy) is 2. The van der Waals surface area contributed by atoms with Crippen molar-refractivity contribution in [1.29, 1.82) is 0 Å². The van der Waals surface area contributed by atoms with E-state index in [0.29, 0.717) is 6.47 Å². The second kappa shape index (κ2) is 281. The maximum atomic E-state index is 9.56. The molecule has 19 heteroatoms. The first-order valence-corrected chi connectivity index (χ1v) is 5.05. The summed E-state index contributed by atoms with van der Waals surface area (Å²) in [6.07, 6.45) is 1.61. The number of esters is 1. The number of hydrogen-bond acceptors (Lipinski definition) is 9. The van der Waals surface area contributed by atoms with Crippen LogP contribution in [0.2, 0.25) is 0 Å². The van der Waals surface area contributed by atoms with E-state index in [2.05, 4.69) is 21.1 Å². The van der Waals surface area contributed by atoms with Crippen molar-refractivity contribution in [2.24, 2.45) is 0 Å². The summed E-state index contributed by atoms with van der Waals surface area (Å²) in [7, 11) is 4.52. The second-order valence-corrected chi connectivity index (χ2v) is 2.35. The Morgan fingerprint density at radius 1 is 0.900 bits per heavy atom. The van der Waals surface area contributed by atoms with E-state index < -0.39 is 5.97 Å². The predicted octanol–water partition coefficient (Wildman–Crippen LogP) is -1.14. The van der Waals surface area contributed by atoms with E-state index in [0.717, 1.165) is 19.1 Å². The van der Waals surface area contributed by atoms with Gasteiger partial charge >= 0.3 is 0 Å². The molecule has 0 atom stereocenters. The first kappa shape index (κ1) is 103. The quantitative estimate of drug-likeness (QED) is 0.120. The summed E-state index contributed by atoms with van der Waals surface area (Å²) in [6, 6.07) is 0. The average molecular weight is 1980 g/mol. The molecule has 0 heterocycles. The Bertz CT molecular complexity index is 310. The van der Waals surface area contributed by atoms with Crippen LogP contribution in [0.15, 0.2) is 0 Å². The van der Waals surface area contributed by atoms with Crippen LogP contribution in [0.4, 0.5) is 4.39 Å². The minimum absolute atomic E-state index is 0. The molecular formula is C11H13ClFNO10Rf6-6. The molecule has 0 aromatic carbocycles. The van der Waals surface area contributed by atoms with E-state index >= 15 is 0 Å². The Morgan fingerprint density at radius 3 is 1.07 bits per heavy atom. The predicted molar refractivity (Wildman–Crippen MR) is 76.2 cm³/mol. The van der Waals surface area contributed by atoms with Gasteiger partial charge in [0, 0.05) is 7.11 Å². The van der Waals surface area contributed by atoms with Crippen molar-refractivity contribution in [3.8, 4) is 0 Å². The maximum Gasteiger partial charge on any atom is 0.172 e. The van der Waals surface area contributed by atoms with Crippen molar-refractivity contribution in [3.05, 3.63) is 0 Å². The zero-order chi connectivity index (χ0) is 20.8. The van der Waals surface area contributed by atoms with Crippen LogP contribution < -0.4 is 0 Å². The molecule has 154 valence electrons. The van der Waals surface area contributed by atoms with Gasteiger partial charge < -0.3 is 69.0 Å². The maximum absolute atomic E-state index is 9.56. The third-order valence-electron chi connectivity index (χ3n) is 0.451. The minimum Gasteiger partial charge on any atom is -0.665 e. The largest absolute Gasteiger partial charge is 0.665 e. The minimum atomic E-state index is -0.634. The Hall–Kier alpha value is -8.89. The first-order chi connectivity index (χ1) is 11.2. The van der Waals surface area contributed by atoms with E-state index in [1.54, 1.807) is 20.5 Å². The summed E-state index contributed by atoms with van der Waals surface area (Å²) < 4.78 is 16.8. The summed E-state index contributed by atoms with van der Waals surface area (Å²) in [4.78, 5) is 62.8. The van der Waals surface area contributed by atoms with E-state index in [9.17, 15) is 14.0 Å². The SMILES string of the molecule is CC(=O)O[C-]=O.CN(C)[C-]=O.CO[C-]=O.O=[C-]Cl.O=[C-]F.O=[C-]O.[Rf].[Rf].[Rf].[Rf].[Rf].[Rf]. The molecule has 1 amide bonds. The first-order valence-electron chi connectivity index (χ1n) is 4.67. The fourth-order valence-corrected chi connectivity index (χ4v) is 0.0587. The van der Waals surface area contributed by atoms with Gasteiger partial charge in [0.05, 0.1) is 0 Å². The molecule has 0 rings (SSSR count). The van der Waals surface area contributed by atoms with Crippen molar-refractivity contribution >= 4 is 55.7 Å². The van der Waals surface area contributed by atoms with Crippen molar-refractivity contribution in [1.82, 2.24) is 4.90 Å². The molecular weight excluding hydrogens is 1960 g/mol. The number of halogens is 2. The smallest absolute Gasteiger partial charge is 0.172 e. The molecule has 0 saturated carbocycles. The number of carbonyl (C=O) groups is 1. The molecule has 0 spiro atoms. The van der Waals surface area contributed by atoms with Gasteiger partial charge in [-0.15, -0.1) is 0 Å². The number of aliphatic hydroxyl groups excluding tert-OH is 1. The normalized spacial score (nSPS) is 4.47. The van der Waals surface area contributed by atoms with Gasteiger partial charge in [-0.3, -0.25) is 0 Å². The number of rotatable bonds is 3. The topological polar surface area (TPSA) is 161 Å². The molecule has 1 N–H and O–H groups in total. The third kappa shape index (κ3) is 750. The Morgan fingerprint density at radius 2 is 1.07 bits per heavy atom. The van der Waals surface area contributed by atoms with Crippen LogP contribution in [0, 0.1) is 0 Å². The van der Waals surface area contributed by atoms with Gasteiger partial charge in [-0.1, -0.05) is 19.5 Å². The number of carbonyl (C=O) groups excluding carboxylic acids is 6. The van der Waals surface area contributed by atoms with E-state index in [4.69, 9.17) is 29.1 Å². The van der Waals surface area contributed by atoms with Gasteiger partial charge in [0.25, 0.3) is 0 Å². The number of hydrogen-bond donors (Lipinski definition) is 1. The zero-order valence-corrected chi connectivity index (χ0v) is 56.2. The van der Waals surface area contributed by atoms with Gasteiger partial charge in [0.15, 0.2) is 6.47 Å². The van der Waals surface area contributed by atoms with Gasteiger partial charge in [-0.2, -0.15) is 12.2 Å². The van der Waals surface area contributed by atoms with Gasteiger partial charge in [-0.05, 0) is 21.0 Å². The van der Waals surface area contributed by atoms with Crippen LogP contribution in [0.5, 0.6) is 0 Å². The summed E-state index contributed by atoms with van der Waals surface area (Å²) in [5.41, 5.74) is 0. The van der Waals surface area contributed by atoms with Crippen LogP contribution in [-0.4, -0.2) is 75.3 Å². The molecule has 0 radical (unpaired) electrons. The Balaban J connectivity index is -0.0000000127. The molecule has 0 aromatic heterocycles. The zero-order valence-electron chi connectivity index (χ0n) is 17.1. The van der Waals surface area contributed by atoms with Crippen LogP contribution >= 0.6 is 11.6 Å².